The van der Waals surface area contributed by atoms with Gasteiger partial charge in [0, 0.05) is 6.92 Å². The van der Waals surface area contributed by atoms with Crippen molar-refractivity contribution in [1.29, 1.82) is 0 Å². The molecule has 0 amide bonds. The van der Waals surface area contributed by atoms with Gasteiger partial charge in [0.05, 0.1) is 6.61 Å². The highest BCUT2D eigenvalue weighted by Gasteiger charge is 2.26. The van der Waals surface area contributed by atoms with E-state index in [0.717, 1.165) is 12.8 Å². The van der Waals surface area contributed by atoms with E-state index in [-0.39, 0.29) is 12.4 Å². The number of carbonyl (C=O) groups is 2. The van der Waals surface area contributed by atoms with E-state index in [2.05, 4.69) is 6.92 Å². The van der Waals surface area contributed by atoms with Crippen LogP contribution in [0.5, 0.6) is 0 Å². The van der Waals surface area contributed by atoms with Gasteiger partial charge in [-0.05, 0) is 18.6 Å². The monoisotopic (exact) mass is 270 g/mol. The summed E-state index contributed by atoms with van der Waals surface area (Å²) in [6.45, 7) is 3.99. The molecule has 5 nitrogen and oxygen atoms in total. The van der Waals surface area contributed by atoms with E-state index >= 15 is 0 Å². The first-order valence-electron chi connectivity index (χ1n) is 6.76. The fourth-order valence-electron chi connectivity index (χ4n) is 1.69. The van der Waals surface area contributed by atoms with Crippen LogP contribution in [0.3, 0.4) is 0 Å². The first-order chi connectivity index (χ1) is 9.13. The summed E-state index contributed by atoms with van der Waals surface area (Å²) < 4.78 is 15.7. The highest BCUT2D eigenvalue weighted by atomic mass is 16.7. The maximum absolute atomic E-state index is 11.5. The molecule has 19 heavy (non-hydrogen) atoms. The zero-order chi connectivity index (χ0) is 14.1. The molecule has 0 saturated carbocycles. The third-order valence-electron chi connectivity index (χ3n) is 2.75. The smallest absolute Gasteiger partial charge is 0.302 e. The third kappa shape index (κ3) is 6.50. The number of unbranched alkanes of at least 4 members (excludes halogenated alkanes) is 3. The van der Waals surface area contributed by atoms with Crippen LogP contribution in [0.1, 0.15) is 39.5 Å². The number of ketones is 1. The topological polar surface area (TPSA) is 61.8 Å². The number of hydrogen-bond donors (Lipinski definition) is 0. The average Bonchev–Trinajstić information content (AvgIpc) is 2.38. The third-order valence-corrected chi connectivity index (χ3v) is 2.75. The number of ether oxygens (including phenoxy) is 3. The molecule has 0 fully saturated rings. The van der Waals surface area contributed by atoms with Gasteiger partial charge in [0.1, 0.15) is 6.61 Å². The molecule has 2 atom stereocenters. The maximum Gasteiger partial charge on any atom is 0.302 e. The molecule has 1 aliphatic rings. The van der Waals surface area contributed by atoms with Gasteiger partial charge in [0.15, 0.2) is 18.2 Å². The average molecular weight is 270 g/mol. The summed E-state index contributed by atoms with van der Waals surface area (Å²) in [7, 11) is 0. The summed E-state index contributed by atoms with van der Waals surface area (Å²) in [5, 5.41) is 0. The lowest BCUT2D eigenvalue weighted by atomic mass is 10.2. The predicted molar refractivity (Wildman–Crippen MR) is 69.5 cm³/mol. The van der Waals surface area contributed by atoms with Crippen molar-refractivity contribution in [2.45, 2.75) is 51.9 Å². The van der Waals surface area contributed by atoms with Gasteiger partial charge < -0.3 is 14.2 Å². The van der Waals surface area contributed by atoms with E-state index < -0.39 is 18.4 Å². The van der Waals surface area contributed by atoms with Crippen molar-refractivity contribution in [3.63, 3.8) is 0 Å². The molecule has 0 saturated heterocycles. The van der Waals surface area contributed by atoms with Crippen molar-refractivity contribution < 1.29 is 23.8 Å². The first-order valence-corrected chi connectivity index (χ1v) is 6.76. The van der Waals surface area contributed by atoms with Crippen molar-refractivity contribution in [1.82, 2.24) is 0 Å². The first kappa shape index (κ1) is 15.9. The van der Waals surface area contributed by atoms with E-state index in [9.17, 15) is 9.59 Å². The Morgan fingerprint density at radius 1 is 1.37 bits per heavy atom. The zero-order valence-corrected chi connectivity index (χ0v) is 11.6. The summed E-state index contributed by atoms with van der Waals surface area (Å²) in [5.41, 5.74) is 0. The minimum atomic E-state index is -0.755. The normalized spacial score (nSPS) is 22.5. The maximum atomic E-state index is 11.5. The van der Waals surface area contributed by atoms with Crippen LogP contribution in [-0.4, -0.2) is 37.4 Å². The van der Waals surface area contributed by atoms with Crippen LogP contribution >= 0.6 is 0 Å². The molecule has 0 aromatic heterocycles. The van der Waals surface area contributed by atoms with Gasteiger partial charge in [0.25, 0.3) is 0 Å². The Bertz CT molecular complexity index is 324. The number of carbonyl (C=O) groups excluding carboxylic acids is 2. The molecule has 0 spiro atoms. The van der Waals surface area contributed by atoms with Gasteiger partial charge in [-0.15, -0.1) is 0 Å². The molecule has 0 aromatic carbocycles. The number of hydrogen-bond acceptors (Lipinski definition) is 5. The summed E-state index contributed by atoms with van der Waals surface area (Å²) in [4.78, 5) is 22.2. The molecule has 0 N–H and O–H groups in total. The Kier molecular flexibility index (Phi) is 7.36. The molecule has 0 unspecified atom stereocenters. The quantitative estimate of drug-likeness (QED) is 0.498. The van der Waals surface area contributed by atoms with Gasteiger partial charge in [-0.3, -0.25) is 9.59 Å². The van der Waals surface area contributed by atoms with E-state index in [1.54, 1.807) is 6.08 Å². The van der Waals surface area contributed by atoms with Crippen molar-refractivity contribution in [3.05, 3.63) is 12.2 Å². The summed E-state index contributed by atoms with van der Waals surface area (Å²) >= 11 is 0. The van der Waals surface area contributed by atoms with Crippen LogP contribution in [-0.2, 0) is 23.8 Å². The Labute approximate surface area is 113 Å². The Morgan fingerprint density at radius 3 is 2.84 bits per heavy atom. The van der Waals surface area contributed by atoms with Crippen molar-refractivity contribution in [2.24, 2.45) is 0 Å². The van der Waals surface area contributed by atoms with E-state index in [1.165, 1.54) is 25.8 Å². The summed E-state index contributed by atoms with van der Waals surface area (Å²) in [6, 6.07) is 0. The largest absolute Gasteiger partial charge is 0.463 e. The summed E-state index contributed by atoms with van der Waals surface area (Å²) in [6.07, 6.45) is 6.21. The van der Waals surface area contributed by atoms with E-state index in [4.69, 9.17) is 14.2 Å². The molecule has 1 rings (SSSR count). The highest BCUT2D eigenvalue weighted by Crippen LogP contribution is 2.12. The Hall–Kier alpha value is -1.20. The molecule has 0 aromatic rings. The molecular formula is C14H22O5. The minimum Gasteiger partial charge on any atom is -0.463 e. The molecule has 1 aliphatic heterocycles. The molecule has 5 heteroatoms. The fourth-order valence-corrected chi connectivity index (χ4v) is 1.69. The second-order valence-corrected chi connectivity index (χ2v) is 4.49. The predicted octanol–water partition coefficient (Wildman–Crippen LogP) is 2.00. The molecule has 0 bridgehead atoms. The fraction of sp³-hybridized carbons (Fsp3) is 0.714. The van der Waals surface area contributed by atoms with Crippen LogP contribution in [0.25, 0.3) is 0 Å². The van der Waals surface area contributed by atoms with Crippen LogP contribution in [0.2, 0.25) is 0 Å². The highest BCUT2D eigenvalue weighted by molar-refractivity contribution is 5.94. The summed E-state index contributed by atoms with van der Waals surface area (Å²) in [5.74, 6) is -0.630. The Balaban J connectivity index is 2.26. The van der Waals surface area contributed by atoms with Gasteiger partial charge in [-0.2, -0.15) is 0 Å². The minimum absolute atomic E-state index is 0.0613. The lowest BCUT2D eigenvalue weighted by Crippen LogP contribution is -2.37. The van der Waals surface area contributed by atoms with Crippen LogP contribution in [0.4, 0.5) is 0 Å². The van der Waals surface area contributed by atoms with Gasteiger partial charge in [-0.25, -0.2) is 0 Å². The van der Waals surface area contributed by atoms with E-state index in [0.29, 0.717) is 6.61 Å². The standard InChI is InChI=1S/C14H22O5/c1-3-4-5-6-9-17-14-8-7-12(16)13(19-14)10-18-11(2)15/h7-8,13-14H,3-6,9-10H2,1-2H3/t13-,14+/m1/s1. The van der Waals surface area contributed by atoms with Crippen molar-refractivity contribution >= 4 is 11.8 Å². The molecule has 1 heterocycles. The lowest BCUT2D eigenvalue weighted by molar-refractivity contribution is -0.176. The van der Waals surface area contributed by atoms with Gasteiger partial charge in [-0.1, -0.05) is 26.2 Å². The van der Waals surface area contributed by atoms with Crippen molar-refractivity contribution in [3.8, 4) is 0 Å². The molecule has 108 valence electrons. The van der Waals surface area contributed by atoms with E-state index in [1.807, 2.05) is 0 Å². The SMILES string of the molecule is CCCCCCO[C@@H]1C=CC(=O)[C@@H](COC(C)=O)O1. The van der Waals surface area contributed by atoms with Crippen molar-refractivity contribution in [2.75, 3.05) is 13.2 Å². The molecular weight excluding hydrogens is 248 g/mol. The van der Waals surface area contributed by atoms with Crippen LogP contribution in [0.15, 0.2) is 12.2 Å². The zero-order valence-electron chi connectivity index (χ0n) is 11.6. The number of esters is 1. The van der Waals surface area contributed by atoms with Gasteiger partial charge >= 0.3 is 5.97 Å². The number of rotatable bonds is 8. The second kappa shape index (κ2) is 8.82. The molecule has 0 radical (unpaired) electrons. The van der Waals surface area contributed by atoms with Gasteiger partial charge in [0.2, 0.25) is 0 Å². The molecule has 0 aliphatic carbocycles. The van der Waals surface area contributed by atoms with Crippen LogP contribution in [0, 0.1) is 0 Å². The second-order valence-electron chi connectivity index (χ2n) is 4.49. The lowest BCUT2D eigenvalue weighted by Gasteiger charge is -2.24. The van der Waals surface area contributed by atoms with Crippen LogP contribution < -0.4 is 0 Å². The Morgan fingerprint density at radius 2 is 2.16 bits per heavy atom.